The summed E-state index contributed by atoms with van der Waals surface area (Å²) >= 11 is 3.35. The predicted molar refractivity (Wildman–Crippen MR) is 126 cm³/mol. The molecule has 0 bridgehead atoms. The molecule has 0 aliphatic carbocycles. The van der Waals surface area contributed by atoms with Gasteiger partial charge in [0.2, 0.25) is 5.91 Å². The fraction of sp³-hybridized carbons (Fsp3) is 0.125. The van der Waals surface area contributed by atoms with E-state index in [4.69, 9.17) is 4.74 Å². The number of carbonyl (C=O) groups is 2. The molecule has 0 spiro atoms. The number of rotatable bonds is 7. The van der Waals surface area contributed by atoms with Gasteiger partial charge in [-0.15, -0.1) is 0 Å². The predicted octanol–water partition coefficient (Wildman–Crippen LogP) is 4.35. The molecule has 2 heterocycles. The highest BCUT2D eigenvalue weighted by Gasteiger charge is 2.14. The van der Waals surface area contributed by atoms with Crippen molar-refractivity contribution in [2.75, 3.05) is 11.9 Å². The van der Waals surface area contributed by atoms with E-state index in [1.54, 1.807) is 36.4 Å². The lowest BCUT2D eigenvalue weighted by Gasteiger charge is -2.11. The number of para-hydroxylation sites is 1. The van der Waals surface area contributed by atoms with Gasteiger partial charge in [0, 0.05) is 22.6 Å². The molecule has 4 rings (SSSR count). The van der Waals surface area contributed by atoms with Crippen LogP contribution in [0.5, 0.6) is 5.75 Å². The van der Waals surface area contributed by atoms with Crippen LogP contribution in [-0.4, -0.2) is 27.7 Å². The Bertz CT molecular complexity index is 1270. The summed E-state index contributed by atoms with van der Waals surface area (Å²) in [6, 6.07) is 18.1. The van der Waals surface area contributed by atoms with Crippen LogP contribution in [0.1, 0.15) is 21.6 Å². The van der Waals surface area contributed by atoms with E-state index in [0.717, 1.165) is 21.4 Å². The number of nitrogens with zero attached hydrogens (tertiary/aromatic N) is 2. The Labute approximate surface area is 193 Å². The minimum atomic E-state index is -0.391. The third-order valence-corrected chi connectivity index (χ3v) is 5.30. The topological polar surface area (TPSA) is 84.7 Å². The van der Waals surface area contributed by atoms with E-state index >= 15 is 0 Å². The maximum atomic E-state index is 12.7. The number of amides is 2. The number of hydrogen-bond donors (Lipinski definition) is 2. The monoisotopic (exact) mass is 492 g/mol. The fourth-order valence-electron chi connectivity index (χ4n) is 3.20. The average molecular weight is 493 g/mol. The van der Waals surface area contributed by atoms with Gasteiger partial charge in [0.05, 0.1) is 17.8 Å². The van der Waals surface area contributed by atoms with Gasteiger partial charge in [-0.25, -0.2) is 4.98 Å². The molecule has 0 unspecified atom stereocenters. The second kappa shape index (κ2) is 9.65. The Morgan fingerprint density at radius 3 is 2.62 bits per heavy atom. The standard InChI is InChI=1S/C24H21BrN4O3/c1-16-5-4-12-29-14-19(28-23(16)29)15-32-21-7-3-2-6-20(21)24(31)26-13-22(30)27-18-10-8-17(25)9-11-18/h2-12,14H,13,15H2,1H3,(H,26,31)(H,27,30). The van der Waals surface area contributed by atoms with E-state index in [0.29, 0.717) is 17.0 Å². The first-order valence-corrected chi connectivity index (χ1v) is 10.8. The van der Waals surface area contributed by atoms with Crippen LogP contribution >= 0.6 is 15.9 Å². The number of halogens is 1. The molecule has 0 fully saturated rings. The highest BCUT2D eigenvalue weighted by molar-refractivity contribution is 9.10. The molecule has 0 saturated carbocycles. The number of fused-ring (bicyclic) bond motifs is 1. The van der Waals surface area contributed by atoms with Crippen LogP contribution in [0.4, 0.5) is 5.69 Å². The van der Waals surface area contributed by atoms with Crippen molar-refractivity contribution in [3.8, 4) is 5.75 Å². The van der Waals surface area contributed by atoms with Crippen LogP contribution in [-0.2, 0) is 11.4 Å². The van der Waals surface area contributed by atoms with Crippen molar-refractivity contribution < 1.29 is 14.3 Å². The van der Waals surface area contributed by atoms with E-state index in [1.165, 1.54) is 0 Å². The summed E-state index contributed by atoms with van der Waals surface area (Å²) in [5.74, 6) is -0.288. The highest BCUT2D eigenvalue weighted by atomic mass is 79.9. The van der Waals surface area contributed by atoms with Gasteiger partial charge in [-0.1, -0.05) is 34.1 Å². The first kappa shape index (κ1) is 21.6. The number of anilines is 1. The van der Waals surface area contributed by atoms with Crippen molar-refractivity contribution in [2.24, 2.45) is 0 Å². The number of aryl methyl sites for hydroxylation is 1. The molecular formula is C24H21BrN4O3. The Hall–Kier alpha value is -3.65. The Morgan fingerprint density at radius 1 is 1.06 bits per heavy atom. The third-order valence-electron chi connectivity index (χ3n) is 4.77. The zero-order chi connectivity index (χ0) is 22.5. The largest absolute Gasteiger partial charge is 0.486 e. The summed E-state index contributed by atoms with van der Waals surface area (Å²) < 4.78 is 8.74. The summed E-state index contributed by atoms with van der Waals surface area (Å²) in [5, 5.41) is 5.38. The summed E-state index contributed by atoms with van der Waals surface area (Å²) in [4.78, 5) is 29.4. The molecule has 0 radical (unpaired) electrons. The molecule has 2 aromatic carbocycles. The molecule has 0 saturated heterocycles. The molecule has 0 atom stereocenters. The van der Waals surface area contributed by atoms with E-state index in [2.05, 4.69) is 31.5 Å². The van der Waals surface area contributed by atoms with Gasteiger partial charge >= 0.3 is 0 Å². The van der Waals surface area contributed by atoms with E-state index in [1.807, 2.05) is 48.0 Å². The third kappa shape index (κ3) is 5.15. The second-order valence-electron chi connectivity index (χ2n) is 7.18. The molecule has 32 heavy (non-hydrogen) atoms. The zero-order valence-electron chi connectivity index (χ0n) is 17.3. The van der Waals surface area contributed by atoms with Crippen molar-refractivity contribution in [3.05, 3.63) is 94.4 Å². The van der Waals surface area contributed by atoms with E-state index in [-0.39, 0.29) is 19.1 Å². The molecule has 8 heteroatoms. The number of imidazole rings is 1. The highest BCUT2D eigenvalue weighted by Crippen LogP contribution is 2.20. The van der Waals surface area contributed by atoms with Gasteiger partial charge in [-0.3, -0.25) is 9.59 Å². The first-order chi connectivity index (χ1) is 15.5. The van der Waals surface area contributed by atoms with Crippen LogP contribution in [0.25, 0.3) is 5.65 Å². The second-order valence-corrected chi connectivity index (χ2v) is 8.09. The molecule has 2 amide bonds. The summed E-state index contributed by atoms with van der Waals surface area (Å²) in [6.45, 7) is 2.06. The Balaban J connectivity index is 1.37. The molecule has 4 aromatic rings. The van der Waals surface area contributed by atoms with Crippen LogP contribution < -0.4 is 15.4 Å². The molecule has 0 aliphatic rings. The summed E-state index contributed by atoms with van der Waals surface area (Å²) in [7, 11) is 0. The van der Waals surface area contributed by atoms with E-state index in [9.17, 15) is 9.59 Å². The van der Waals surface area contributed by atoms with Crippen molar-refractivity contribution in [3.63, 3.8) is 0 Å². The van der Waals surface area contributed by atoms with Crippen molar-refractivity contribution in [1.29, 1.82) is 0 Å². The molecular weight excluding hydrogens is 472 g/mol. The normalized spacial score (nSPS) is 10.7. The van der Waals surface area contributed by atoms with Crippen molar-refractivity contribution >= 4 is 39.1 Å². The minimum Gasteiger partial charge on any atom is -0.486 e. The van der Waals surface area contributed by atoms with Gasteiger partial charge in [-0.2, -0.15) is 0 Å². The number of hydrogen-bond acceptors (Lipinski definition) is 4. The summed E-state index contributed by atoms with van der Waals surface area (Å²) in [6.07, 6.45) is 3.83. The molecule has 2 N–H and O–H groups in total. The smallest absolute Gasteiger partial charge is 0.255 e. The van der Waals surface area contributed by atoms with Gasteiger partial charge < -0.3 is 19.8 Å². The lowest BCUT2D eigenvalue weighted by atomic mass is 10.2. The number of pyridine rings is 1. The molecule has 2 aromatic heterocycles. The number of ether oxygens (including phenoxy) is 1. The van der Waals surface area contributed by atoms with Gasteiger partial charge in [0.1, 0.15) is 18.0 Å². The molecule has 162 valence electrons. The van der Waals surface area contributed by atoms with Gasteiger partial charge in [0.15, 0.2) is 0 Å². The first-order valence-electron chi connectivity index (χ1n) is 9.98. The maximum Gasteiger partial charge on any atom is 0.255 e. The van der Waals surface area contributed by atoms with Crippen LogP contribution in [0, 0.1) is 6.92 Å². The minimum absolute atomic E-state index is 0.158. The summed E-state index contributed by atoms with van der Waals surface area (Å²) in [5.41, 5.74) is 3.69. The number of nitrogens with one attached hydrogen (secondary N) is 2. The quantitative estimate of drug-likeness (QED) is 0.401. The van der Waals surface area contributed by atoms with Crippen molar-refractivity contribution in [1.82, 2.24) is 14.7 Å². The molecule has 0 aliphatic heterocycles. The Morgan fingerprint density at radius 2 is 1.84 bits per heavy atom. The van der Waals surface area contributed by atoms with Crippen LogP contribution in [0.3, 0.4) is 0 Å². The fourth-order valence-corrected chi connectivity index (χ4v) is 3.46. The number of carbonyl (C=O) groups excluding carboxylic acids is 2. The van der Waals surface area contributed by atoms with Crippen LogP contribution in [0.15, 0.2) is 77.5 Å². The zero-order valence-corrected chi connectivity index (χ0v) is 18.9. The maximum absolute atomic E-state index is 12.7. The van der Waals surface area contributed by atoms with E-state index < -0.39 is 5.91 Å². The van der Waals surface area contributed by atoms with Gasteiger partial charge in [-0.05, 0) is 55.0 Å². The average Bonchev–Trinajstić information content (AvgIpc) is 3.22. The van der Waals surface area contributed by atoms with Gasteiger partial charge in [0.25, 0.3) is 5.91 Å². The number of benzene rings is 2. The number of aromatic nitrogens is 2. The lowest BCUT2D eigenvalue weighted by Crippen LogP contribution is -2.33. The lowest BCUT2D eigenvalue weighted by molar-refractivity contribution is -0.115. The molecule has 7 nitrogen and oxygen atoms in total. The van der Waals surface area contributed by atoms with Crippen LogP contribution in [0.2, 0.25) is 0 Å². The van der Waals surface area contributed by atoms with Crippen molar-refractivity contribution in [2.45, 2.75) is 13.5 Å². The SMILES string of the molecule is Cc1cccn2cc(COc3ccccc3C(=O)NCC(=O)Nc3ccc(Br)cc3)nc12. The Kier molecular flexibility index (Phi) is 6.51.